The number of benzene rings is 2. The first-order valence-corrected chi connectivity index (χ1v) is 11.3. The molecule has 0 aromatic heterocycles. The maximum Gasteiger partial charge on any atom is 0.246 e. The van der Waals surface area contributed by atoms with Crippen molar-refractivity contribution in [3.63, 3.8) is 0 Å². The molecule has 0 N–H and O–H groups in total. The molecule has 0 atom stereocenters. The van der Waals surface area contributed by atoms with Gasteiger partial charge in [0.15, 0.2) is 0 Å². The summed E-state index contributed by atoms with van der Waals surface area (Å²) in [4.78, 5) is 21.0. The Morgan fingerprint density at radius 1 is 1.09 bits per heavy atom. The molecule has 1 saturated heterocycles. The van der Waals surface area contributed by atoms with Crippen LogP contribution in [-0.2, 0) is 9.63 Å². The minimum Gasteiger partial charge on any atom is -0.497 e. The lowest BCUT2D eigenvalue weighted by molar-refractivity contribution is -0.131. The average Bonchev–Trinajstić information content (AvgIpc) is 3.21. The second-order valence-corrected chi connectivity index (χ2v) is 9.72. The Hall–Kier alpha value is -3.08. The van der Waals surface area contributed by atoms with Crippen LogP contribution in [0.15, 0.2) is 65.8 Å². The zero-order valence-electron chi connectivity index (χ0n) is 19.4. The lowest BCUT2D eigenvalue weighted by Crippen LogP contribution is -2.46. The van der Waals surface area contributed by atoms with E-state index in [1.807, 2.05) is 53.4 Å². The predicted octanol–water partition coefficient (Wildman–Crippen LogP) is 5.31. The van der Waals surface area contributed by atoms with Crippen molar-refractivity contribution in [2.24, 2.45) is 10.6 Å². The van der Waals surface area contributed by atoms with Crippen molar-refractivity contribution >= 4 is 17.2 Å². The smallest absolute Gasteiger partial charge is 0.246 e. The van der Waals surface area contributed by atoms with Crippen LogP contribution in [0, 0.1) is 5.41 Å². The molecule has 5 heteroatoms. The van der Waals surface area contributed by atoms with Crippen LogP contribution in [0.2, 0.25) is 0 Å². The van der Waals surface area contributed by atoms with Gasteiger partial charge in [-0.2, -0.15) is 0 Å². The first kappa shape index (κ1) is 22.1. The van der Waals surface area contributed by atoms with Gasteiger partial charge in [-0.05, 0) is 28.7 Å². The van der Waals surface area contributed by atoms with E-state index in [2.05, 4.69) is 38.1 Å². The van der Waals surface area contributed by atoms with Gasteiger partial charge < -0.3 is 14.5 Å². The summed E-state index contributed by atoms with van der Waals surface area (Å²) >= 11 is 0. The second kappa shape index (κ2) is 8.81. The molecule has 1 spiro atoms. The van der Waals surface area contributed by atoms with Crippen LogP contribution >= 0.6 is 0 Å². The van der Waals surface area contributed by atoms with Crippen LogP contribution < -0.4 is 4.74 Å². The third-order valence-corrected chi connectivity index (χ3v) is 6.39. The van der Waals surface area contributed by atoms with Crippen LogP contribution in [0.1, 0.15) is 51.2 Å². The molecule has 2 aromatic carbocycles. The Morgan fingerprint density at radius 3 is 2.47 bits per heavy atom. The fraction of sp³-hybridized carbons (Fsp3) is 0.407. The Bertz CT molecular complexity index is 1030. The Labute approximate surface area is 190 Å². The Kier molecular flexibility index (Phi) is 6.09. The van der Waals surface area contributed by atoms with Crippen molar-refractivity contribution < 1.29 is 14.4 Å². The van der Waals surface area contributed by atoms with Crippen molar-refractivity contribution in [2.75, 3.05) is 20.2 Å². The largest absolute Gasteiger partial charge is 0.497 e. The molecule has 0 bridgehead atoms. The second-order valence-electron chi connectivity index (χ2n) is 9.72. The van der Waals surface area contributed by atoms with Gasteiger partial charge in [-0.15, -0.1) is 0 Å². The first-order chi connectivity index (χ1) is 15.3. The number of amides is 1. The van der Waals surface area contributed by atoms with Gasteiger partial charge in [-0.3, -0.25) is 4.79 Å². The predicted molar refractivity (Wildman–Crippen MR) is 128 cm³/mol. The van der Waals surface area contributed by atoms with E-state index in [9.17, 15) is 4.79 Å². The summed E-state index contributed by atoms with van der Waals surface area (Å²) in [6.07, 6.45) is 4.13. The van der Waals surface area contributed by atoms with Crippen LogP contribution in [0.4, 0.5) is 0 Å². The molecule has 0 radical (unpaired) electrons. The third-order valence-electron chi connectivity index (χ3n) is 6.39. The lowest BCUT2D eigenvalue weighted by Gasteiger charge is -2.37. The maximum atomic E-state index is 13.2. The SMILES string of the molecule is COc1cccc(C2=NOC3(CCN(C(=O)/C=C(\c4ccccc4)C(C)(C)C)CC3)C2)c1. The van der Waals surface area contributed by atoms with E-state index in [4.69, 9.17) is 9.57 Å². The number of nitrogens with zero attached hydrogens (tertiary/aromatic N) is 2. The summed E-state index contributed by atoms with van der Waals surface area (Å²) in [5.41, 5.74) is 3.69. The van der Waals surface area contributed by atoms with Crippen LogP contribution in [0.3, 0.4) is 0 Å². The fourth-order valence-corrected chi connectivity index (χ4v) is 4.45. The number of hydrogen-bond acceptors (Lipinski definition) is 4. The van der Waals surface area contributed by atoms with Crippen molar-refractivity contribution in [1.29, 1.82) is 0 Å². The van der Waals surface area contributed by atoms with E-state index in [1.165, 1.54) is 0 Å². The number of carbonyl (C=O) groups excluding carboxylic acids is 1. The average molecular weight is 433 g/mol. The molecule has 2 aromatic rings. The van der Waals surface area contributed by atoms with Gasteiger partial charge in [0.2, 0.25) is 5.91 Å². The van der Waals surface area contributed by atoms with Gasteiger partial charge in [-0.1, -0.05) is 68.4 Å². The number of likely N-dealkylation sites (tertiary alicyclic amines) is 1. The van der Waals surface area contributed by atoms with Gasteiger partial charge in [0.05, 0.1) is 12.8 Å². The number of rotatable bonds is 4. The monoisotopic (exact) mass is 432 g/mol. The zero-order chi connectivity index (χ0) is 22.8. The molecule has 0 saturated carbocycles. The first-order valence-electron chi connectivity index (χ1n) is 11.3. The van der Waals surface area contributed by atoms with Gasteiger partial charge in [-0.25, -0.2) is 0 Å². The molecule has 0 unspecified atom stereocenters. The van der Waals surface area contributed by atoms with Crippen molar-refractivity contribution in [3.8, 4) is 5.75 Å². The standard InChI is InChI=1S/C27H32N2O3/c1-26(2,3)23(20-9-6-5-7-10-20)18-25(30)29-15-13-27(14-16-29)19-24(28-32-27)21-11-8-12-22(17-21)31-4/h5-12,17-18H,13-16,19H2,1-4H3/b23-18+. The minimum atomic E-state index is -0.314. The molecule has 2 aliphatic rings. The molecule has 32 heavy (non-hydrogen) atoms. The molecule has 168 valence electrons. The highest BCUT2D eigenvalue weighted by atomic mass is 16.7. The molecule has 0 aliphatic carbocycles. The molecule has 1 fully saturated rings. The van der Waals surface area contributed by atoms with Crippen molar-refractivity contribution in [2.45, 2.75) is 45.6 Å². The number of piperidine rings is 1. The third kappa shape index (κ3) is 4.72. The molecule has 5 nitrogen and oxygen atoms in total. The summed E-state index contributed by atoms with van der Waals surface area (Å²) < 4.78 is 5.33. The normalized spacial score (nSPS) is 18.3. The highest BCUT2D eigenvalue weighted by Gasteiger charge is 2.43. The quantitative estimate of drug-likeness (QED) is 0.615. The van der Waals surface area contributed by atoms with Crippen molar-refractivity contribution in [1.82, 2.24) is 4.90 Å². The van der Waals surface area contributed by atoms with Gasteiger partial charge in [0.1, 0.15) is 11.4 Å². The molecule has 2 heterocycles. The van der Waals surface area contributed by atoms with E-state index in [1.54, 1.807) is 7.11 Å². The minimum absolute atomic E-state index is 0.0700. The Morgan fingerprint density at radius 2 is 1.81 bits per heavy atom. The molecular formula is C27H32N2O3. The summed E-state index contributed by atoms with van der Waals surface area (Å²) in [5.74, 6) is 0.881. The summed E-state index contributed by atoms with van der Waals surface area (Å²) in [5, 5.41) is 4.39. The molecular weight excluding hydrogens is 400 g/mol. The van der Waals surface area contributed by atoms with E-state index >= 15 is 0 Å². The molecule has 1 amide bonds. The van der Waals surface area contributed by atoms with Gasteiger partial charge in [0, 0.05) is 44.0 Å². The van der Waals surface area contributed by atoms with Crippen LogP contribution in [-0.4, -0.2) is 42.3 Å². The lowest BCUT2D eigenvalue weighted by atomic mass is 9.81. The number of ether oxygens (including phenoxy) is 1. The van der Waals surface area contributed by atoms with Gasteiger partial charge in [0.25, 0.3) is 0 Å². The Balaban J connectivity index is 1.42. The molecule has 2 aliphatic heterocycles. The number of methoxy groups -OCH3 is 1. The number of oxime groups is 1. The van der Waals surface area contributed by atoms with Crippen LogP contribution in [0.5, 0.6) is 5.75 Å². The van der Waals surface area contributed by atoms with E-state index in [0.29, 0.717) is 13.1 Å². The maximum absolute atomic E-state index is 13.2. The zero-order valence-corrected chi connectivity index (χ0v) is 19.4. The summed E-state index contributed by atoms with van der Waals surface area (Å²) in [6, 6.07) is 18.1. The highest BCUT2D eigenvalue weighted by molar-refractivity contribution is 6.02. The van der Waals surface area contributed by atoms with E-state index < -0.39 is 0 Å². The van der Waals surface area contributed by atoms with E-state index in [-0.39, 0.29) is 16.9 Å². The van der Waals surface area contributed by atoms with Gasteiger partial charge >= 0.3 is 0 Å². The van der Waals surface area contributed by atoms with Crippen molar-refractivity contribution in [3.05, 3.63) is 71.8 Å². The van der Waals surface area contributed by atoms with Crippen LogP contribution in [0.25, 0.3) is 5.57 Å². The fourth-order valence-electron chi connectivity index (χ4n) is 4.45. The topological polar surface area (TPSA) is 51.1 Å². The number of allylic oxidation sites excluding steroid dienone is 1. The molecule has 4 rings (SSSR count). The number of hydrogen-bond donors (Lipinski definition) is 0. The summed E-state index contributed by atoms with van der Waals surface area (Å²) in [7, 11) is 1.66. The summed E-state index contributed by atoms with van der Waals surface area (Å²) in [6.45, 7) is 7.78. The number of carbonyl (C=O) groups is 1. The highest BCUT2D eigenvalue weighted by Crippen LogP contribution is 2.38. The van der Waals surface area contributed by atoms with E-state index in [0.717, 1.165) is 47.4 Å².